The number of carbonyl (C=O) groups is 5. The summed E-state index contributed by atoms with van der Waals surface area (Å²) >= 11 is 0. The number of carboxylic acids is 1. The van der Waals surface area contributed by atoms with E-state index in [4.69, 9.17) is 18.9 Å². The minimum absolute atomic E-state index is 0. The number of likely N-dealkylation sites (tertiary alicyclic amines) is 1. The zero-order valence-corrected chi connectivity index (χ0v) is 44.1. The minimum atomic E-state index is -2.41. The van der Waals surface area contributed by atoms with Gasteiger partial charge in [-0.3, -0.25) is 19.2 Å². The Bertz CT molecular complexity index is 1750. The number of aliphatic hydroxyl groups is 4. The number of methoxy groups -OCH3 is 3. The van der Waals surface area contributed by atoms with Gasteiger partial charge in [-0.25, -0.2) is 0 Å². The van der Waals surface area contributed by atoms with Crippen molar-refractivity contribution in [3.05, 3.63) is 47.6 Å². The van der Waals surface area contributed by atoms with E-state index in [0.717, 1.165) is 23.3 Å². The van der Waals surface area contributed by atoms with Crippen LogP contribution in [0.5, 0.6) is 0 Å². The van der Waals surface area contributed by atoms with Gasteiger partial charge in [0.15, 0.2) is 5.78 Å². The molecule has 4 N–H and O–H groups in total. The Kier molecular flexibility index (Phi) is 26.3. The van der Waals surface area contributed by atoms with Crippen molar-refractivity contribution in [3.8, 4) is 0 Å². The third-order valence-electron chi connectivity index (χ3n) is 14.2. The molecule has 15 nitrogen and oxygen atoms in total. The summed E-state index contributed by atoms with van der Waals surface area (Å²) in [6.45, 7) is 12.7. The van der Waals surface area contributed by atoms with Gasteiger partial charge < -0.3 is 54.2 Å². The average molecular weight is 954 g/mol. The summed E-state index contributed by atoms with van der Waals surface area (Å²) in [5.41, 5.74) is 1.28. The van der Waals surface area contributed by atoms with Gasteiger partial charge in [0.25, 0.3) is 11.7 Å². The molecular weight excluding hydrogens is 874 g/mol. The summed E-state index contributed by atoms with van der Waals surface area (Å²) < 4.78 is 22.6. The van der Waals surface area contributed by atoms with Crippen LogP contribution in [-0.2, 0) is 42.9 Å². The molecule has 2 saturated heterocycles. The van der Waals surface area contributed by atoms with E-state index in [2.05, 4.69) is 0 Å². The number of hydrogen-bond acceptors (Lipinski definition) is 14. The first kappa shape index (κ1) is 60.7. The topological polar surface area (TPSA) is 229 Å². The number of aliphatic carboxylic acids is 1. The number of allylic oxidation sites excluding steroid dienone is 6. The van der Waals surface area contributed by atoms with Crippen molar-refractivity contribution in [3.63, 3.8) is 0 Å². The molecule has 0 bridgehead atoms. The summed E-state index contributed by atoms with van der Waals surface area (Å²) in [4.78, 5) is 66.0. The standard InChI is InChI=1S/C51H81NO14.Na/c1-30(24-34(5)45(56)47(65-10)46(57)35(6)25-32(3)41(54)29-42(55)33(4)26-37-20-22-40(53)44(27-37)64-9)16-12-11-13-17-31(2)43(63-8)28-38-21-19-36(7)51(62,66-38)48(58)49(59)52-23-15-14-18-39(52)50(60)61;/h11-13,16-17,25,30,32-34,36-40,42-44,46-47,53,55,57,62H,14-15,18-24,26-29H2,1-10H3,(H,60,61);/q;+1/p-1/b13-11+,16-12+,31-17+,35-25+;/t30-,32-,33-,34-,36-,37+,38+,39+,40-,42+,43+,44-,46-,47+,51-;/m1./s1. The summed E-state index contributed by atoms with van der Waals surface area (Å²) in [5.74, 6) is -8.11. The number of amides is 1. The molecule has 0 aromatic heterocycles. The molecule has 0 aromatic carbocycles. The Morgan fingerprint density at radius 1 is 0.896 bits per heavy atom. The van der Waals surface area contributed by atoms with Gasteiger partial charge in [-0.1, -0.05) is 71.1 Å². The molecule has 0 aromatic rings. The van der Waals surface area contributed by atoms with Crippen LogP contribution >= 0.6 is 0 Å². The van der Waals surface area contributed by atoms with Crippen LogP contribution in [0.15, 0.2) is 47.6 Å². The van der Waals surface area contributed by atoms with Crippen LogP contribution in [0.2, 0.25) is 0 Å². The first-order valence-corrected chi connectivity index (χ1v) is 23.9. The van der Waals surface area contributed by atoms with Crippen molar-refractivity contribution in [1.29, 1.82) is 0 Å². The molecule has 1 aliphatic carbocycles. The predicted octanol–water partition coefficient (Wildman–Crippen LogP) is 1.37. The van der Waals surface area contributed by atoms with Gasteiger partial charge in [0, 0.05) is 58.5 Å². The molecule has 16 heteroatoms. The van der Waals surface area contributed by atoms with E-state index in [-0.39, 0.29) is 78.4 Å². The van der Waals surface area contributed by atoms with E-state index in [0.29, 0.717) is 62.9 Å². The largest absolute Gasteiger partial charge is 1.00 e. The Hall–Kier alpha value is -2.41. The van der Waals surface area contributed by atoms with Gasteiger partial charge in [-0.15, -0.1) is 0 Å². The maximum atomic E-state index is 13.5. The van der Waals surface area contributed by atoms with Crippen molar-refractivity contribution in [2.75, 3.05) is 27.9 Å². The molecule has 67 heavy (non-hydrogen) atoms. The fourth-order valence-electron chi connectivity index (χ4n) is 9.74. The number of piperidine rings is 1. The SMILES string of the molecule is CO[C@@H](C[C@@H]1CC[C@@H](C)[C@](O)(C(=O)C(=O)N2CCCC[C@H]2C(=O)[O-])O1)/C(C)=C/C=C/C=C/[C@@H](C)C[C@@H](C)C(=O)[C@H](OC)[C@H](O)/C(C)=C/[C@@H](C)C(=O)C[C@H](O)[C@H](C)C[C@@H]1CC[C@@H](O)[C@H](OC)C1.[Na+]. The maximum absolute atomic E-state index is 13.5. The molecule has 0 radical (unpaired) electrons. The first-order chi connectivity index (χ1) is 31.1. The van der Waals surface area contributed by atoms with Crippen LogP contribution in [0.1, 0.15) is 126 Å². The van der Waals surface area contributed by atoms with Crippen molar-refractivity contribution in [2.24, 2.45) is 35.5 Å². The second-order valence-corrected chi connectivity index (χ2v) is 19.5. The number of rotatable bonds is 25. The number of nitrogens with zero attached hydrogens (tertiary/aromatic N) is 1. The first-order valence-electron chi connectivity index (χ1n) is 23.9. The van der Waals surface area contributed by atoms with Crippen LogP contribution in [0.3, 0.4) is 0 Å². The molecule has 3 fully saturated rings. The summed E-state index contributed by atoms with van der Waals surface area (Å²) in [7, 11) is 4.51. The second-order valence-electron chi connectivity index (χ2n) is 19.5. The Morgan fingerprint density at radius 3 is 2.21 bits per heavy atom. The van der Waals surface area contributed by atoms with Gasteiger partial charge in [0.1, 0.15) is 18.0 Å². The van der Waals surface area contributed by atoms with E-state index in [9.17, 15) is 49.5 Å². The number of Topliss-reactive ketones (excluding diaryl/α,β-unsaturated/α-hetero) is 3. The molecule has 2 aliphatic heterocycles. The summed E-state index contributed by atoms with van der Waals surface area (Å²) in [5, 5.41) is 55.4. The van der Waals surface area contributed by atoms with Crippen molar-refractivity contribution >= 4 is 29.2 Å². The van der Waals surface area contributed by atoms with E-state index in [1.54, 1.807) is 48.0 Å². The Balaban J connectivity index is 0.0000154. The van der Waals surface area contributed by atoms with Crippen molar-refractivity contribution in [1.82, 2.24) is 4.90 Å². The van der Waals surface area contributed by atoms with Gasteiger partial charge >= 0.3 is 29.6 Å². The van der Waals surface area contributed by atoms with E-state index < -0.39 is 83.9 Å². The number of carbonyl (C=O) groups excluding carboxylic acids is 5. The zero-order valence-electron chi connectivity index (χ0n) is 42.1. The summed E-state index contributed by atoms with van der Waals surface area (Å²) in [6.07, 6.45) is 12.0. The number of ether oxygens (including phenoxy) is 4. The van der Waals surface area contributed by atoms with Crippen molar-refractivity contribution in [2.45, 2.75) is 180 Å². The molecule has 0 spiro atoms. The quantitative estimate of drug-likeness (QED) is 0.0439. The fraction of sp³-hybridized carbons (Fsp3) is 0.745. The molecule has 15 atom stereocenters. The minimum Gasteiger partial charge on any atom is -0.548 e. The van der Waals surface area contributed by atoms with Crippen LogP contribution in [0.4, 0.5) is 0 Å². The predicted molar refractivity (Wildman–Crippen MR) is 246 cm³/mol. The van der Waals surface area contributed by atoms with Gasteiger partial charge in [0.2, 0.25) is 5.79 Å². The van der Waals surface area contributed by atoms with Crippen LogP contribution in [0.25, 0.3) is 0 Å². The van der Waals surface area contributed by atoms with Crippen LogP contribution < -0.4 is 34.7 Å². The molecular formula is C51H80NNaO14. The maximum Gasteiger partial charge on any atom is 1.00 e. The normalized spacial score (nSPS) is 29.0. The smallest absolute Gasteiger partial charge is 0.548 e. The molecule has 0 unspecified atom stereocenters. The van der Waals surface area contributed by atoms with E-state index >= 15 is 0 Å². The summed E-state index contributed by atoms with van der Waals surface area (Å²) in [6, 6.07) is -1.23. The number of ketones is 3. The monoisotopic (exact) mass is 954 g/mol. The van der Waals surface area contributed by atoms with E-state index in [1.807, 2.05) is 51.2 Å². The molecule has 1 saturated carbocycles. The third-order valence-corrected chi connectivity index (χ3v) is 14.2. The molecule has 3 aliphatic rings. The number of hydrogen-bond donors (Lipinski definition) is 4. The van der Waals surface area contributed by atoms with Gasteiger partial charge in [-0.2, -0.15) is 0 Å². The molecule has 2 heterocycles. The number of aliphatic hydroxyl groups excluding tert-OH is 3. The van der Waals surface area contributed by atoms with E-state index in [1.165, 1.54) is 7.11 Å². The third kappa shape index (κ3) is 17.4. The molecule has 3 rings (SSSR count). The van der Waals surface area contributed by atoms with Crippen molar-refractivity contribution < 1.29 is 98.0 Å². The average Bonchev–Trinajstić information content (AvgIpc) is 3.28. The zero-order chi connectivity index (χ0) is 49.5. The van der Waals surface area contributed by atoms with Gasteiger partial charge in [-0.05, 0) is 107 Å². The second kappa shape index (κ2) is 29.1. The Morgan fingerprint density at radius 2 is 1.58 bits per heavy atom. The fourth-order valence-corrected chi connectivity index (χ4v) is 9.74. The van der Waals surface area contributed by atoms with Crippen LogP contribution in [0, 0.1) is 35.5 Å². The molecule has 374 valence electrons. The number of carboxylic acid groups (broad SMARTS) is 1. The Labute approximate surface area is 421 Å². The molecule has 1 amide bonds. The van der Waals surface area contributed by atoms with Crippen LogP contribution in [-0.4, -0.2) is 137 Å². The van der Waals surface area contributed by atoms with Gasteiger partial charge in [0.05, 0.1) is 42.5 Å².